The second kappa shape index (κ2) is 13.5. The molecule has 0 aliphatic carbocycles. The number of halogens is 2. The fraction of sp³-hybridized carbons (Fsp3) is 0.364. The van der Waals surface area contributed by atoms with Gasteiger partial charge in [-0.25, -0.2) is 0 Å². The number of carbonyl (C=O) groups excluding carboxylic acids is 2. The first-order chi connectivity index (χ1) is 16.2. The molecule has 0 saturated heterocycles. The Labute approximate surface area is 205 Å². The van der Waals surface area contributed by atoms with Gasteiger partial charge in [-0.3, -0.25) is 29.8 Å². The average molecular weight is 511 g/mol. The number of nitrogens with zero attached hydrogens (tertiary/aromatic N) is 2. The molecule has 0 radical (unpaired) electrons. The Morgan fingerprint density at radius 2 is 1.03 bits per heavy atom. The van der Waals surface area contributed by atoms with Crippen molar-refractivity contribution < 1.29 is 19.4 Å². The molecule has 182 valence electrons. The first-order valence-corrected chi connectivity index (χ1v) is 11.4. The summed E-state index contributed by atoms with van der Waals surface area (Å²) in [7, 11) is 0. The van der Waals surface area contributed by atoms with E-state index in [2.05, 4.69) is 10.6 Å². The molecule has 2 aromatic carbocycles. The molecule has 2 aromatic rings. The van der Waals surface area contributed by atoms with E-state index >= 15 is 0 Å². The van der Waals surface area contributed by atoms with Gasteiger partial charge in [0.1, 0.15) is 11.1 Å². The van der Waals surface area contributed by atoms with Crippen LogP contribution >= 0.6 is 23.2 Å². The number of benzene rings is 2. The van der Waals surface area contributed by atoms with Crippen molar-refractivity contribution in [1.29, 1.82) is 0 Å². The van der Waals surface area contributed by atoms with Crippen molar-refractivity contribution in [3.63, 3.8) is 0 Å². The minimum absolute atomic E-state index is 0.0670. The van der Waals surface area contributed by atoms with E-state index in [9.17, 15) is 29.8 Å². The molecule has 2 rings (SSSR count). The van der Waals surface area contributed by atoms with Crippen molar-refractivity contribution in [2.45, 2.75) is 38.5 Å². The van der Waals surface area contributed by atoms with Gasteiger partial charge in [0, 0.05) is 35.3 Å². The number of amides is 2. The van der Waals surface area contributed by atoms with Gasteiger partial charge in [-0.2, -0.15) is 0 Å². The van der Waals surface area contributed by atoms with Crippen LogP contribution in [-0.4, -0.2) is 34.8 Å². The van der Waals surface area contributed by atoms with Crippen LogP contribution in [0.15, 0.2) is 36.4 Å². The summed E-state index contributed by atoms with van der Waals surface area (Å²) in [5.74, 6) is -1.07. The van der Waals surface area contributed by atoms with Gasteiger partial charge in [-0.05, 0) is 37.1 Å². The number of nitro groups is 2. The molecular formula is C22H24Cl2N4O6. The van der Waals surface area contributed by atoms with Crippen LogP contribution in [0.3, 0.4) is 0 Å². The maximum atomic E-state index is 12.2. The predicted octanol–water partition coefficient (Wildman–Crippen LogP) is 5.31. The number of nitro benzene ring substituents is 2. The number of carbonyl (C=O) groups is 2. The SMILES string of the molecule is O=C(NCCCCCCCCNC(=O)c1cc(Cl)ccc1[N+](=O)[O-])c1cc(Cl)ccc1[N+](=O)[O-]. The highest BCUT2D eigenvalue weighted by molar-refractivity contribution is 6.31. The van der Waals surface area contributed by atoms with Crippen LogP contribution in [0.2, 0.25) is 10.0 Å². The van der Waals surface area contributed by atoms with Crippen LogP contribution in [0.1, 0.15) is 59.2 Å². The molecule has 0 aromatic heterocycles. The zero-order valence-corrected chi connectivity index (χ0v) is 19.7. The molecule has 0 bridgehead atoms. The predicted molar refractivity (Wildman–Crippen MR) is 129 cm³/mol. The summed E-state index contributed by atoms with van der Waals surface area (Å²) >= 11 is 11.7. The Balaban J connectivity index is 1.60. The average Bonchev–Trinajstić information content (AvgIpc) is 2.79. The molecular weight excluding hydrogens is 487 g/mol. The highest BCUT2D eigenvalue weighted by Gasteiger charge is 2.21. The number of hydrogen-bond acceptors (Lipinski definition) is 6. The van der Waals surface area contributed by atoms with Crippen LogP contribution in [-0.2, 0) is 0 Å². The summed E-state index contributed by atoms with van der Waals surface area (Å²) in [6.07, 6.45) is 4.99. The van der Waals surface area contributed by atoms with Crippen LogP contribution in [0, 0.1) is 20.2 Å². The van der Waals surface area contributed by atoms with Gasteiger partial charge in [-0.15, -0.1) is 0 Å². The topological polar surface area (TPSA) is 144 Å². The lowest BCUT2D eigenvalue weighted by molar-refractivity contribution is -0.385. The molecule has 0 spiro atoms. The van der Waals surface area contributed by atoms with Crippen molar-refractivity contribution in [2.24, 2.45) is 0 Å². The maximum absolute atomic E-state index is 12.2. The van der Waals surface area contributed by atoms with E-state index in [1.54, 1.807) is 0 Å². The number of hydrogen-bond donors (Lipinski definition) is 2. The smallest absolute Gasteiger partial charge is 0.282 e. The van der Waals surface area contributed by atoms with Gasteiger partial charge >= 0.3 is 0 Å². The van der Waals surface area contributed by atoms with Crippen molar-refractivity contribution in [3.05, 3.63) is 77.8 Å². The minimum atomic E-state index is -0.621. The quantitative estimate of drug-likeness (QED) is 0.212. The summed E-state index contributed by atoms with van der Waals surface area (Å²) in [6, 6.07) is 7.69. The fourth-order valence-electron chi connectivity index (χ4n) is 3.25. The molecule has 12 heteroatoms. The van der Waals surface area contributed by atoms with Crippen LogP contribution in [0.5, 0.6) is 0 Å². The zero-order chi connectivity index (χ0) is 25.1. The van der Waals surface area contributed by atoms with Crippen LogP contribution in [0.25, 0.3) is 0 Å². The zero-order valence-electron chi connectivity index (χ0n) is 18.2. The Morgan fingerprint density at radius 1 is 0.676 bits per heavy atom. The van der Waals surface area contributed by atoms with Crippen molar-refractivity contribution in [1.82, 2.24) is 10.6 Å². The molecule has 0 unspecified atom stereocenters. The van der Waals surface area contributed by atoms with Gasteiger partial charge in [0.05, 0.1) is 9.85 Å². The second-order valence-corrected chi connectivity index (χ2v) is 8.34. The first kappa shape index (κ1) is 27.0. The van der Waals surface area contributed by atoms with Gasteiger partial charge in [0.25, 0.3) is 23.2 Å². The second-order valence-electron chi connectivity index (χ2n) is 7.47. The van der Waals surface area contributed by atoms with Gasteiger partial charge < -0.3 is 10.6 Å². The van der Waals surface area contributed by atoms with Crippen LogP contribution < -0.4 is 10.6 Å². The molecule has 34 heavy (non-hydrogen) atoms. The lowest BCUT2D eigenvalue weighted by atomic mass is 10.1. The fourth-order valence-corrected chi connectivity index (χ4v) is 3.59. The summed E-state index contributed by atoms with van der Waals surface area (Å²) in [4.78, 5) is 45.3. The molecule has 0 aliphatic rings. The molecule has 0 atom stereocenters. The monoisotopic (exact) mass is 510 g/mol. The highest BCUT2D eigenvalue weighted by Crippen LogP contribution is 2.23. The van der Waals surface area contributed by atoms with Gasteiger partial charge in [0.2, 0.25) is 0 Å². The molecule has 0 aliphatic heterocycles. The molecule has 0 fully saturated rings. The Kier molecular flexibility index (Phi) is 10.7. The summed E-state index contributed by atoms with van der Waals surface area (Å²) in [5, 5.41) is 27.9. The van der Waals surface area contributed by atoms with E-state index in [4.69, 9.17) is 23.2 Å². The normalized spacial score (nSPS) is 10.5. The molecule has 0 saturated carbocycles. The molecule has 2 amide bonds. The number of nitrogens with one attached hydrogen (secondary N) is 2. The standard InChI is InChI=1S/C22H24Cl2N4O6/c23-15-7-9-19(27(31)32)17(13-15)21(29)25-11-5-3-1-2-4-6-12-26-22(30)18-14-16(24)8-10-20(18)28(33)34/h7-10,13-14H,1-6,11-12H2,(H,25,29)(H,26,30). The molecule has 0 heterocycles. The van der Waals surface area contributed by atoms with E-state index in [0.29, 0.717) is 13.1 Å². The highest BCUT2D eigenvalue weighted by atomic mass is 35.5. The van der Waals surface area contributed by atoms with Gasteiger partial charge in [0.15, 0.2) is 0 Å². The molecule has 2 N–H and O–H groups in total. The Morgan fingerprint density at radius 3 is 1.38 bits per heavy atom. The lowest BCUT2D eigenvalue weighted by Crippen LogP contribution is -2.25. The van der Waals surface area contributed by atoms with Crippen molar-refractivity contribution in [3.8, 4) is 0 Å². The van der Waals surface area contributed by atoms with E-state index in [1.165, 1.54) is 36.4 Å². The van der Waals surface area contributed by atoms with E-state index in [1.807, 2.05) is 0 Å². The summed E-state index contributed by atoms with van der Waals surface area (Å²) in [5.41, 5.74) is -0.719. The van der Waals surface area contributed by atoms with E-state index in [-0.39, 0.29) is 32.5 Å². The first-order valence-electron chi connectivity index (χ1n) is 10.6. The maximum Gasteiger partial charge on any atom is 0.282 e. The van der Waals surface area contributed by atoms with Crippen molar-refractivity contribution in [2.75, 3.05) is 13.1 Å². The summed E-state index contributed by atoms with van der Waals surface area (Å²) in [6.45, 7) is 0.772. The largest absolute Gasteiger partial charge is 0.352 e. The summed E-state index contributed by atoms with van der Waals surface area (Å²) < 4.78 is 0. The lowest BCUT2D eigenvalue weighted by Gasteiger charge is -2.07. The third kappa shape index (κ3) is 8.27. The Bertz CT molecular complexity index is 980. The third-order valence-corrected chi connectivity index (χ3v) is 5.44. The van der Waals surface area contributed by atoms with Gasteiger partial charge in [-0.1, -0.05) is 48.9 Å². The Hall–Kier alpha value is -3.24. The third-order valence-electron chi connectivity index (χ3n) is 4.97. The minimum Gasteiger partial charge on any atom is -0.352 e. The van der Waals surface area contributed by atoms with E-state index in [0.717, 1.165) is 38.5 Å². The molecule has 10 nitrogen and oxygen atoms in total. The van der Waals surface area contributed by atoms with Crippen molar-refractivity contribution >= 4 is 46.4 Å². The number of unbranched alkanes of at least 4 members (excludes halogenated alkanes) is 5. The van der Waals surface area contributed by atoms with E-state index < -0.39 is 21.7 Å². The van der Waals surface area contributed by atoms with Crippen LogP contribution in [0.4, 0.5) is 11.4 Å². The number of rotatable bonds is 13.